The third-order valence-electron chi connectivity index (χ3n) is 3.79. The summed E-state index contributed by atoms with van der Waals surface area (Å²) < 4.78 is 40.1. The number of carbonyl (C=O) groups is 1. The van der Waals surface area contributed by atoms with Gasteiger partial charge in [-0.05, 0) is 19.1 Å². The Morgan fingerprint density at radius 3 is 2.60 bits per heavy atom. The summed E-state index contributed by atoms with van der Waals surface area (Å²) in [6.45, 7) is 6.26. The molecule has 1 fully saturated rings. The number of rotatable bonds is 7. The lowest BCUT2D eigenvalue weighted by molar-refractivity contribution is -0.122. The Kier molecular flexibility index (Phi) is 8.74. The van der Waals surface area contributed by atoms with Crippen molar-refractivity contribution in [1.29, 1.82) is 0 Å². The molecular weight excluding hydrogens is 371 g/mol. The van der Waals surface area contributed by atoms with Crippen LogP contribution in [0.3, 0.4) is 0 Å². The van der Waals surface area contributed by atoms with Gasteiger partial charge < -0.3 is 10.6 Å². The third kappa shape index (κ3) is 6.52. The second-order valence-corrected chi connectivity index (χ2v) is 7.34. The number of carbonyl (C=O) groups excluding carboxylic acids is 1. The minimum absolute atomic E-state index is 0. The molecule has 7 nitrogen and oxygen atoms in total. The van der Waals surface area contributed by atoms with Crippen molar-refractivity contribution in [2.45, 2.75) is 17.9 Å². The van der Waals surface area contributed by atoms with Gasteiger partial charge in [-0.15, -0.1) is 12.4 Å². The predicted octanol–water partition coefficient (Wildman–Crippen LogP) is -0.0643. The second kappa shape index (κ2) is 10.0. The zero-order chi connectivity index (χ0) is 17.6. The van der Waals surface area contributed by atoms with E-state index < -0.39 is 32.7 Å². The van der Waals surface area contributed by atoms with Crippen LogP contribution in [-0.4, -0.2) is 64.5 Å². The van der Waals surface area contributed by atoms with Crippen molar-refractivity contribution in [3.8, 4) is 0 Å². The average molecular weight is 395 g/mol. The molecular formula is C15H24ClFN4O3S. The monoisotopic (exact) mass is 394 g/mol. The maximum atomic E-state index is 13.6. The van der Waals surface area contributed by atoms with Crippen molar-refractivity contribution in [1.82, 2.24) is 20.3 Å². The van der Waals surface area contributed by atoms with Crippen molar-refractivity contribution >= 4 is 28.3 Å². The van der Waals surface area contributed by atoms with Gasteiger partial charge in [0.05, 0.1) is 6.04 Å². The normalized spacial score (nSPS) is 16.7. The van der Waals surface area contributed by atoms with Crippen LogP contribution in [0.4, 0.5) is 4.39 Å². The maximum absolute atomic E-state index is 13.6. The van der Waals surface area contributed by atoms with Gasteiger partial charge in [0, 0.05) is 39.3 Å². The van der Waals surface area contributed by atoms with Crippen molar-refractivity contribution < 1.29 is 17.6 Å². The molecule has 1 aromatic rings. The average Bonchev–Trinajstić information content (AvgIpc) is 2.55. The molecule has 1 saturated heterocycles. The molecule has 2 rings (SSSR count). The summed E-state index contributed by atoms with van der Waals surface area (Å²) in [7, 11) is -4.09. The lowest BCUT2D eigenvalue weighted by atomic mass is 10.3. The van der Waals surface area contributed by atoms with Gasteiger partial charge in [0.2, 0.25) is 15.9 Å². The van der Waals surface area contributed by atoms with Gasteiger partial charge in [-0.2, -0.15) is 4.72 Å². The van der Waals surface area contributed by atoms with Crippen LogP contribution in [0.2, 0.25) is 0 Å². The Labute approximate surface area is 153 Å². The molecule has 10 heteroatoms. The van der Waals surface area contributed by atoms with Crippen LogP contribution in [0.25, 0.3) is 0 Å². The number of sulfonamides is 1. The standard InChI is InChI=1S/C15H23FN4O3S.ClH/c1-12(15(21)18-8-11-20-9-6-17-7-10-20)19-24(22,23)14-5-3-2-4-13(14)16;/h2-5,12,17,19H,6-11H2,1H3,(H,18,21);1H. The second-order valence-electron chi connectivity index (χ2n) is 5.66. The molecule has 0 spiro atoms. The molecule has 3 N–H and O–H groups in total. The van der Waals surface area contributed by atoms with E-state index in [9.17, 15) is 17.6 Å². The minimum atomic E-state index is -4.09. The zero-order valence-electron chi connectivity index (χ0n) is 14.0. The summed E-state index contributed by atoms with van der Waals surface area (Å²) in [5, 5.41) is 5.94. The molecule has 1 aliphatic rings. The van der Waals surface area contributed by atoms with E-state index in [1.807, 2.05) is 0 Å². The molecule has 0 aliphatic carbocycles. The molecule has 1 unspecified atom stereocenters. The first-order valence-electron chi connectivity index (χ1n) is 7.88. The fraction of sp³-hybridized carbons (Fsp3) is 0.533. The van der Waals surface area contributed by atoms with Crippen LogP contribution >= 0.6 is 12.4 Å². The Morgan fingerprint density at radius 1 is 1.32 bits per heavy atom. The van der Waals surface area contributed by atoms with Crippen LogP contribution in [0.5, 0.6) is 0 Å². The van der Waals surface area contributed by atoms with Crippen molar-refractivity contribution in [3.63, 3.8) is 0 Å². The molecule has 0 aromatic heterocycles. The molecule has 1 atom stereocenters. The number of amides is 1. The Bertz CT molecular complexity index is 668. The van der Waals surface area contributed by atoms with Crippen LogP contribution < -0.4 is 15.4 Å². The first-order chi connectivity index (χ1) is 11.4. The number of hydrogen-bond acceptors (Lipinski definition) is 5. The first kappa shape index (κ1) is 21.8. The molecule has 142 valence electrons. The number of halogens is 2. The maximum Gasteiger partial charge on any atom is 0.244 e. The van der Waals surface area contributed by atoms with Gasteiger partial charge in [0.1, 0.15) is 10.7 Å². The van der Waals surface area contributed by atoms with E-state index in [1.165, 1.54) is 19.1 Å². The van der Waals surface area contributed by atoms with Gasteiger partial charge in [-0.1, -0.05) is 12.1 Å². The van der Waals surface area contributed by atoms with Crippen molar-refractivity contribution in [3.05, 3.63) is 30.1 Å². The Morgan fingerprint density at radius 2 is 1.96 bits per heavy atom. The summed E-state index contributed by atoms with van der Waals surface area (Å²) >= 11 is 0. The van der Waals surface area contributed by atoms with Crippen molar-refractivity contribution in [2.75, 3.05) is 39.3 Å². The number of hydrogen-bond donors (Lipinski definition) is 3. The van der Waals surface area contributed by atoms with E-state index in [-0.39, 0.29) is 12.4 Å². The third-order valence-corrected chi connectivity index (χ3v) is 5.36. The van der Waals surface area contributed by atoms with Crippen LogP contribution in [0.1, 0.15) is 6.92 Å². The quantitative estimate of drug-likeness (QED) is 0.602. The lowest BCUT2D eigenvalue weighted by Gasteiger charge is -2.27. The van der Waals surface area contributed by atoms with Gasteiger partial charge >= 0.3 is 0 Å². The molecule has 0 bridgehead atoms. The summed E-state index contributed by atoms with van der Waals surface area (Å²) in [6.07, 6.45) is 0. The van der Waals surface area contributed by atoms with Gasteiger partial charge in [-0.3, -0.25) is 9.69 Å². The number of nitrogens with one attached hydrogen (secondary N) is 3. The first-order valence-corrected chi connectivity index (χ1v) is 9.36. The molecule has 1 heterocycles. The minimum Gasteiger partial charge on any atom is -0.353 e. The molecule has 1 aromatic carbocycles. The smallest absolute Gasteiger partial charge is 0.244 e. The van der Waals surface area contributed by atoms with E-state index in [0.29, 0.717) is 13.1 Å². The van der Waals surface area contributed by atoms with E-state index in [2.05, 4.69) is 20.3 Å². The van der Waals surface area contributed by atoms with Gasteiger partial charge in [0.15, 0.2) is 0 Å². The van der Waals surface area contributed by atoms with Crippen LogP contribution in [0.15, 0.2) is 29.2 Å². The Balaban J connectivity index is 0.00000312. The fourth-order valence-electron chi connectivity index (χ4n) is 2.44. The highest BCUT2D eigenvalue weighted by atomic mass is 35.5. The van der Waals surface area contributed by atoms with E-state index >= 15 is 0 Å². The Hall–Kier alpha value is -1.26. The zero-order valence-corrected chi connectivity index (χ0v) is 15.6. The SMILES string of the molecule is CC(NS(=O)(=O)c1ccccc1F)C(=O)NCCN1CCNCC1.Cl. The van der Waals surface area contributed by atoms with Gasteiger partial charge in [-0.25, -0.2) is 12.8 Å². The molecule has 0 radical (unpaired) electrons. The molecule has 1 aliphatic heterocycles. The molecule has 25 heavy (non-hydrogen) atoms. The highest BCUT2D eigenvalue weighted by Gasteiger charge is 2.24. The summed E-state index contributed by atoms with van der Waals surface area (Å²) in [4.78, 5) is 13.8. The number of benzene rings is 1. The summed E-state index contributed by atoms with van der Waals surface area (Å²) in [5.74, 6) is -1.29. The largest absolute Gasteiger partial charge is 0.353 e. The summed E-state index contributed by atoms with van der Waals surface area (Å²) in [6, 6.07) is 4.06. The highest BCUT2D eigenvalue weighted by Crippen LogP contribution is 2.13. The number of piperazine rings is 1. The fourth-order valence-corrected chi connectivity index (χ4v) is 3.72. The van der Waals surface area contributed by atoms with E-state index in [1.54, 1.807) is 0 Å². The van der Waals surface area contributed by atoms with Crippen LogP contribution in [0, 0.1) is 5.82 Å². The highest BCUT2D eigenvalue weighted by molar-refractivity contribution is 7.89. The lowest BCUT2D eigenvalue weighted by Crippen LogP contribution is -2.49. The van der Waals surface area contributed by atoms with E-state index in [0.717, 1.165) is 38.3 Å². The van der Waals surface area contributed by atoms with E-state index in [4.69, 9.17) is 0 Å². The van der Waals surface area contributed by atoms with Gasteiger partial charge in [0.25, 0.3) is 0 Å². The summed E-state index contributed by atoms with van der Waals surface area (Å²) in [5.41, 5.74) is 0. The van der Waals surface area contributed by atoms with Crippen molar-refractivity contribution in [2.24, 2.45) is 0 Å². The molecule has 1 amide bonds. The number of nitrogens with zero attached hydrogens (tertiary/aromatic N) is 1. The van der Waals surface area contributed by atoms with Crippen LogP contribution in [-0.2, 0) is 14.8 Å². The topological polar surface area (TPSA) is 90.5 Å². The predicted molar refractivity (Wildman–Crippen MR) is 95.8 cm³/mol. The molecule has 0 saturated carbocycles.